The monoisotopic (exact) mass is 265 g/mol. The van der Waals surface area contributed by atoms with Crippen LogP contribution in [0, 0.1) is 5.41 Å². The number of benzene rings is 1. The molecule has 0 amide bonds. The van der Waals surface area contributed by atoms with E-state index in [9.17, 15) is 15.0 Å². The van der Waals surface area contributed by atoms with Gasteiger partial charge in [-0.2, -0.15) is 0 Å². The first-order chi connectivity index (χ1) is 8.94. The van der Waals surface area contributed by atoms with Crippen LogP contribution in [0.2, 0.25) is 0 Å². The number of carboxylic acids is 1. The number of ether oxygens (including phenoxy) is 1. The molecule has 1 heterocycles. The average Bonchev–Trinajstić information content (AvgIpc) is 2.73. The van der Waals surface area contributed by atoms with Gasteiger partial charge in [0, 0.05) is 13.1 Å². The minimum Gasteiger partial charge on any atom is -0.504 e. The smallest absolute Gasteiger partial charge is 0.310 e. The third kappa shape index (κ3) is 2.81. The van der Waals surface area contributed by atoms with E-state index in [1.165, 1.54) is 7.11 Å². The summed E-state index contributed by atoms with van der Waals surface area (Å²) in [4.78, 5) is 13.3. The fourth-order valence-corrected chi connectivity index (χ4v) is 2.46. The molecule has 0 aliphatic carbocycles. The van der Waals surface area contributed by atoms with Crippen molar-refractivity contribution in [3.63, 3.8) is 0 Å². The second kappa shape index (κ2) is 5.09. The van der Waals surface area contributed by atoms with Crippen LogP contribution in [0.15, 0.2) is 18.2 Å². The summed E-state index contributed by atoms with van der Waals surface area (Å²) in [7, 11) is 1.51. The van der Waals surface area contributed by atoms with Gasteiger partial charge in [-0.15, -0.1) is 0 Å². The van der Waals surface area contributed by atoms with E-state index in [0.29, 0.717) is 25.3 Å². The largest absolute Gasteiger partial charge is 0.504 e. The van der Waals surface area contributed by atoms with Crippen LogP contribution < -0.4 is 4.74 Å². The maximum absolute atomic E-state index is 11.2. The Morgan fingerprint density at radius 1 is 1.53 bits per heavy atom. The van der Waals surface area contributed by atoms with Crippen molar-refractivity contribution in [3.8, 4) is 11.5 Å². The van der Waals surface area contributed by atoms with E-state index < -0.39 is 11.4 Å². The SMILES string of the molecule is COc1ccc(CN2CCC(C)(C(=O)O)C2)cc1O. The predicted molar refractivity (Wildman–Crippen MR) is 70.3 cm³/mol. The minimum absolute atomic E-state index is 0.111. The van der Waals surface area contributed by atoms with Crippen LogP contribution in [0.25, 0.3) is 0 Å². The first kappa shape index (κ1) is 13.7. The van der Waals surface area contributed by atoms with Crippen molar-refractivity contribution in [1.82, 2.24) is 4.90 Å². The van der Waals surface area contributed by atoms with Crippen molar-refractivity contribution in [1.29, 1.82) is 0 Å². The molecular formula is C14H19NO4. The van der Waals surface area contributed by atoms with E-state index in [4.69, 9.17) is 4.74 Å². The second-order valence-electron chi connectivity index (χ2n) is 5.33. The fraction of sp³-hybridized carbons (Fsp3) is 0.500. The molecule has 1 atom stereocenters. The molecule has 1 fully saturated rings. The van der Waals surface area contributed by atoms with Crippen LogP contribution in [0.5, 0.6) is 11.5 Å². The van der Waals surface area contributed by atoms with Gasteiger partial charge in [-0.3, -0.25) is 9.69 Å². The molecule has 0 saturated carbocycles. The van der Waals surface area contributed by atoms with Gasteiger partial charge in [0.2, 0.25) is 0 Å². The maximum Gasteiger partial charge on any atom is 0.310 e. The molecule has 0 radical (unpaired) electrons. The molecule has 0 aromatic heterocycles. The van der Waals surface area contributed by atoms with Crippen LogP contribution >= 0.6 is 0 Å². The van der Waals surface area contributed by atoms with Crippen LogP contribution in [-0.2, 0) is 11.3 Å². The van der Waals surface area contributed by atoms with Crippen molar-refractivity contribution in [3.05, 3.63) is 23.8 Å². The molecule has 19 heavy (non-hydrogen) atoms. The molecule has 1 saturated heterocycles. The van der Waals surface area contributed by atoms with Gasteiger partial charge in [-0.1, -0.05) is 6.07 Å². The number of hydrogen-bond acceptors (Lipinski definition) is 4. The molecule has 1 aliphatic heterocycles. The molecule has 1 aromatic rings. The van der Waals surface area contributed by atoms with E-state index in [1.807, 2.05) is 6.07 Å². The summed E-state index contributed by atoms with van der Waals surface area (Å²) in [5.41, 5.74) is 0.294. The number of likely N-dealkylation sites (tertiary alicyclic amines) is 1. The van der Waals surface area contributed by atoms with Gasteiger partial charge in [0.1, 0.15) is 0 Å². The standard InChI is InChI=1S/C14H19NO4/c1-14(13(17)18)5-6-15(9-14)8-10-3-4-12(19-2)11(16)7-10/h3-4,7,16H,5-6,8-9H2,1-2H3,(H,17,18). The molecule has 0 bridgehead atoms. The Kier molecular flexibility index (Phi) is 3.66. The molecule has 1 aromatic carbocycles. The summed E-state index contributed by atoms with van der Waals surface area (Å²) in [6, 6.07) is 5.27. The molecule has 5 nitrogen and oxygen atoms in total. The minimum atomic E-state index is -0.743. The summed E-state index contributed by atoms with van der Waals surface area (Å²) in [5, 5.41) is 18.9. The Bertz CT molecular complexity index is 488. The summed E-state index contributed by atoms with van der Waals surface area (Å²) >= 11 is 0. The number of methoxy groups -OCH3 is 1. The van der Waals surface area contributed by atoms with Crippen molar-refractivity contribution in [2.24, 2.45) is 5.41 Å². The lowest BCUT2D eigenvalue weighted by molar-refractivity contribution is -0.147. The molecule has 2 rings (SSSR count). The molecule has 1 unspecified atom stereocenters. The maximum atomic E-state index is 11.2. The van der Waals surface area contributed by atoms with Crippen molar-refractivity contribution in [2.75, 3.05) is 20.2 Å². The Morgan fingerprint density at radius 3 is 2.79 bits per heavy atom. The van der Waals surface area contributed by atoms with Crippen molar-refractivity contribution >= 4 is 5.97 Å². The Morgan fingerprint density at radius 2 is 2.26 bits per heavy atom. The van der Waals surface area contributed by atoms with Crippen LogP contribution in [0.1, 0.15) is 18.9 Å². The van der Waals surface area contributed by atoms with Crippen molar-refractivity contribution < 1.29 is 19.7 Å². The average molecular weight is 265 g/mol. The zero-order chi connectivity index (χ0) is 14.0. The fourth-order valence-electron chi connectivity index (χ4n) is 2.46. The molecule has 0 spiro atoms. The number of rotatable bonds is 4. The highest BCUT2D eigenvalue weighted by atomic mass is 16.5. The number of hydrogen-bond donors (Lipinski definition) is 2. The lowest BCUT2D eigenvalue weighted by atomic mass is 9.90. The Labute approximate surface area is 112 Å². The van der Waals surface area contributed by atoms with E-state index in [2.05, 4.69) is 4.90 Å². The highest BCUT2D eigenvalue weighted by molar-refractivity contribution is 5.74. The summed E-state index contributed by atoms with van der Waals surface area (Å²) in [5.74, 6) is -0.187. The number of carboxylic acid groups (broad SMARTS) is 1. The van der Waals surface area contributed by atoms with Gasteiger partial charge in [-0.25, -0.2) is 0 Å². The molecule has 2 N–H and O–H groups in total. The van der Waals surface area contributed by atoms with Crippen LogP contribution in [0.4, 0.5) is 0 Å². The van der Waals surface area contributed by atoms with Crippen LogP contribution in [-0.4, -0.2) is 41.3 Å². The third-order valence-corrected chi connectivity index (χ3v) is 3.72. The van der Waals surface area contributed by atoms with Crippen LogP contribution in [0.3, 0.4) is 0 Å². The Hall–Kier alpha value is -1.75. The van der Waals surface area contributed by atoms with Gasteiger partial charge in [0.05, 0.1) is 12.5 Å². The third-order valence-electron chi connectivity index (χ3n) is 3.72. The number of aromatic hydroxyl groups is 1. The van der Waals surface area contributed by atoms with E-state index >= 15 is 0 Å². The topological polar surface area (TPSA) is 70.0 Å². The molecule has 1 aliphatic rings. The lowest BCUT2D eigenvalue weighted by Crippen LogP contribution is -2.31. The number of nitrogens with zero attached hydrogens (tertiary/aromatic N) is 1. The van der Waals surface area contributed by atoms with Gasteiger partial charge in [0.15, 0.2) is 11.5 Å². The van der Waals surface area contributed by atoms with Gasteiger partial charge >= 0.3 is 5.97 Å². The number of phenols is 1. The number of carbonyl (C=O) groups is 1. The quantitative estimate of drug-likeness (QED) is 0.867. The highest BCUT2D eigenvalue weighted by Gasteiger charge is 2.40. The first-order valence-corrected chi connectivity index (χ1v) is 6.26. The van der Waals surface area contributed by atoms with E-state index in [-0.39, 0.29) is 5.75 Å². The van der Waals surface area contributed by atoms with E-state index in [0.717, 1.165) is 12.1 Å². The molecule has 104 valence electrons. The number of aliphatic carboxylic acids is 1. The zero-order valence-corrected chi connectivity index (χ0v) is 11.2. The summed E-state index contributed by atoms with van der Waals surface area (Å²) < 4.78 is 4.99. The summed E-state index contributed by atoms with van der Waals surface area (Å²) in [6.45, 7) is 3.71. The highest BCUT2D eigenvalue weighted by Crippen LogP contribution is 2.32. The first-order valence-electron chi connectivity index (χ1n) is 6.26. The predicted octanol–water partition coefficient (Wildman–Crippen LogP) is 1.70. The van der Waals surface area contributed by atoms with E-state index in [1.54, 1.807) is 19.1 Å². The summed E-state index contributed by atoms with van der Waals surface area (Å²) in [6.07, 6.45) is 0.657. The number of phenolic OH excluding ortho intramolecular Hbond substituents is 1. The van der Waals surface area contributed by atoms with Gasteiger partial charge in [0.25, 0.3) is 0 Å². The lowest BCUT2D eigenvalue weighted by Gasteiger charge is -2.20. The second-order valence-corrected chi connectivity index (χ2v) is 5.33. The van der Waals surface area contributed by atoms with Gasteiger partial charge in [-0.05, 0) is 37.6 Å². The molecule has 5 heteroatoms. The van der Waals surface area contributed by atoms with Crippen molar-refractivity contribution in [2.45, 2.75) is 19.9 Å². The molecular weight excluding hydrogens is 246 g/mol. The normalized spacial score (nSPS) is 23.5. The zero-order valence-electron chi connectivity index (χ0n) is 11.2. The Balaban J connectivity index is 2.03. The van der Waals surface area contributed by atoms with Gasteiger partial charge < -0.3 is 14.9 Å².